The molecule has 1 aromatic carbocycles. The molecule has 0 aromatic heterocycles. The molecule has 3 nitrogen and oxygen atoms in total. The van der Waals surface area contributed by atoms with Gasteiger partial charge in [-0.1, -0.05) is 12.1 Å². The summed E-state index contributed by atoms with van der Waals surface area (Å²) in [7, 11) is 0. The number of fused-ring (bicyclic) bond motifs is 2. The van der Waals surface area contributed by atoms with Gasteiger partial charge in [0, 0.05) is 52.0 Å². The Hall–Kier alpha value is -1.20. The Balaban J connectivity index is 1.33. The van der Waals surface area contributed by atoms with E-state index in [1.807, 2.05) is 12.1 Å². The van der Waals surface area contributed by atoms with E-state index in [0.29, 0.717) is 13.1 Å². The van der Waals surface area contributed by atoms with Crippen molar-refractivity contribution in [1.82, 2.24) is 9.80 Å². The van der Waals surface area contributed by atoms with Crippen molar-refractivity contribution in [2.45, 2.75) is 50.2 Å². The van der Waals surface area contributed by atoms with E-state index >= 15 is 0 Å². The van der Waals surface area contributed by atoms with Gasteiger partial charge >= 0.3 is 0 Å². The highest BCUT2D eigenvalue weighted by atomic mass is 19.3. The predicted molar refractivity (Wildman–Crippen MR) is 89.6 cm³/mol. The van der Waals surface area contributed by atoms with Crippen LogP contribution in [0.25, 0.3) is 0 Å². The maximum absolute atomic E-state index is 13.2. The number of benzene rings is 1. The van der Waals surface area contributed by atoms with Crippen LogP contribution in [-0.2, 0) is 6.54 Å². The highest BCUT2D eigenvalue weighted by Gasteiger charge is 2.42. The molecule has 3 aliphatic heterocycles. The van der Waals surface area contributed by atoms with Gasteiger partial charge in [-0.25, -0.2) is 8.78 Å². The van der Waals surface area contributed by atoms with Gasteiger partial charge in [-0.3, -0.25) is 9.80 Å². The molecule has 3 aliphatic rings. The van der Waals surface area contributed by atoms with Crippen LogP contribution in [0, 0.1) is 0 Å². The molecule has 3 heterocycles. The summed E-state index contributed by atoms with van der Waals surface area (Å²) in [6.45, 7) is 5.11. The normalized spacial score (nSPS) is 32.7. The molecule has 0 N–H and O–H groups in total. The molecular formula is C19H26F2N2O. The van der Waals surface area contributed by atoms with Gasteiger partial charge in [0.1, 0.15) is 11.4 Å². The van der Waals surface area contributed by atoms with Crippen molar-refractivity contribution < 1.29 is 13.5 Å². The van der Waals surface area contributed by atoms with Crippen molar-refractivity contribution in [2.24, 2.45) is 0 Å². The third-order valence-electron chi connectivity index (χ3n) is 5.75. The van der Waals surface area contributed by atoms with Crippen molar-refractivity contribution in [1.29, 1.82) is 0 Å². The maximum Gasteiger partial charge on any atom is 0.250 e. The first-order valence-electron chi connectivity index (χ1n) is 9.13. The second kappa shape index (κ2) is 6.26. The first-order valence-corrected chi connectivity index (χ1v) is 9.13. The second-order valence-corrected chi connectivity index (χ2v) is 7.69. The summed E-state index contributed by atoms with van der Waals surface area (Å²) < 4.78 is 32.8. The molecule has 2 atom stereocenters. The molecule has 2 bridgehead atoms. The molecule has 1 unspecified atom stereocenters. The summed E-state index contributed by atoms with van der Waals surface area (Å²) >= 11 is 0. The van der Waals surface area contributed by atoms with E-state index in [1.165, 1.54) is 18.5 Å². The zero-order valence-corrected chi connectivity index (χ0v) is 14.1. The lowest BCUT2D eigenvalue weighted by Crippen LogP contribution is -2.43. The largest absolute Gasteiger partial charge is 0.486 e. The van der Waals surface area contributed by atoms with Gasteiger partial charge in [0.2, 0.25) is 0 Å². The smallest absolute Gasteiger partial charge is 0.250 e. The molecule has 3 saturated heterocycles. The molecule has 3 fully saturated rings. The van der Waals surface area contributed by atoms with Crippen molar-refractivity contribution in [3.8, 4) is 5.75 Å². The molecule has 24 heavy (non-hydrogen) atoms. The van der Waals surface area contributed by atoms with Crippen molar-refractivity contribution in [2.75, 3.05) is 32.7 Å². The molecular weight excluding hydrogens is 310 g/mol. The number of likely N-dealkylation sites (tertiary alicyclic amines) is 1. The lowest BCUT2D eigenvalue weighted by Gasteiger charge is -2.34. The highest BCUT2D eigenvalue weighted by Crippen LogP contribution is 2.36. The monoisotopic (exact) mass is 336 g/mol. The Kier molecular flexibility index (Phi) is 4.25. The van der Waals surface area contributed by atoms with Crippen LogP contribution in [0.4, 0.5) is 8.78 Å². The van der Waals surface area contributed by atoms with Crippen LogP contribution < -0.4 is 4.74 Å². The summed E-state index contributed by atoms with van der Waals surface area (Å²) in [5.74, 6) is -1.53. The Morgan fingerprint density at radius 2 is 1.67 bits per heavy atom. The summed E-state index contributed by atoms with van der Waals surface area (Å²) in [6, 6.07) is 8.24. The molecule has 4 rings (SSSR count). The second-order valence-electron chi connectivity index (χ2n) is 7.69. The summed E-state index contributed by atoms with van der Waals surface area (Å²) in [4.78, 5) is 4.60. The van der Waals surface area contributed by atoms with Crippen molar-refractivity contribution in [3.63, 3.8) is 0 Å². The number of piperidine rings is 2. The van der Waals surface area contributed by atoms with Crippen LogP contribution in [0.1, 0.15) is 37.7 Å². The van der Waals surface area contributed by atoms with E-state index in [0.717, 1.165) is 38.2 Å². The van der Waals surface area contributed by atoms with E-state index in [-0.39, 0.29) is 18.4 Å². The van der Waals surface area contributed by atoms with Crippen LogP contribution in [0.15, 0.2) is 24.3 Å². The topological polar surface area (TPSA) is 15.7 Å². The van der Waals surface area contributed by atoms with Gasteiger partial charge in [-0.2, -0.15) is 0 Å². The van der Waals surface area contributed by atoms with Gasteiger partial charge in [0.15, 0.2) is 0 Å². The molecule has 0 aliphatic carbocycles. The number of hydrogen-bond acceptors (Lipinski definition) is 3. The average Bonchev–Trinajstić information content (AvgIpc) is 2.85. The minimum Gasteiger partial charge on any atom is -0.486 e. The van der Waals surface area contributed by atoms with Gasteiger partial charge < -0.3 is 4.74 Å². The lowest BCUT2D eigenvalue weighted by atomic mass is 9.94. The Labute approximate surface area is 142 Å². The Morgan fingerprint density at radius 3 is 2.42 bits per heavy atom. The zero-order chi connectivity index (χ0) is 16.6. The number of rotatable bonds is 4. The molecule has 132 valence electrons. The molecule has 0 amide bonds. The third-order valence-corrected chi connectivity index (χ3v) is 5.75. The number of nitrogens with zero attached hydrogens (tertiary/aromatic N) is 2. The van der Waals surface area contributed by atoms with Crippen LogP contribution in [0.2, 0.25) is 0 Å². The fourth-order valence-electron chi connectivity index (χ4n) is 4.29. The van der Waals surface area contributed by atoms with E-state index in [2.05, 4.69) is 21.9 Å². The first-order chi connectivity index (χ1) is 11.5. The lowest BCUT2D eigenvalue weighted by molar-refractivity contribution is -0.0566. The van der Waals surface area contributed by atoms with Gasteiger partial charge in [-0.15, -0.1) is 0 Å². The van der Waals surface area contributed by atoms with E-state index in [4.69, 9.17) is 4.74 Å². The van der Waals surface area contributed by atoms with Crippen LogP contribution in [0.3, 0.4) is 0 Å². The Morgan fingerprint density at radius 1 is 0.917 bits per heavy atom. The Bertz CT molecular complexity index is 563. The third kappa shape index (κ3) is 3.57. The number of ether oxygens (including phenoxy) is 1. The summed E-state index contributed by atoms with van der Waals surface area (Å²) in [5, 5.41) is 0. The molecule has 0 radical (unpaired) electrons. The molecule has 1 aromatic rings. The van der Waals surface area contributed by atoms with Crippen molar-refractivity contribution >= 4 is 0 Å². The minimum atomic E-state index is -2.47. The standard InChI is InChI=1S/C19H26F2N2O/c20-19(21)8-12-22(13-9-19)14-16-2-4-17(5-3-16)24-18-6-1-10-23(15-18)11-7-18/h2-5H,1,6-15H2/t18-/m0/s1. The summed E-state index contributed by atoms with van der Waals surface area (Å²) in [6.07, 6.45) is 3.45. The fraction of sp³-hybridized carbons (Fsp3) is 0.684. The number of hydrogen-bond donors (Lipinski definition) is 0. The maximum atomic E-state index is 13.2. The van der Waals surface area contributed by atoms with Crippen molar-refractivity contribution in [3.05, 3.63) is 29.8 Å². The van der Waals surface area contributed by atoms with Gasteiger partial charge in [0.05, 0.1) is 0 Å². The first kappa shape index (κ1) is 16.3. The highest BCUT2D eigenvalue weighted by molar-refractivity contribution is 5.28. The van der Waals surface area contributed by atoms with Gasteiger partial charge in [0.25, 0.3) is 5.92 Å². The fourth-order valence-corrected chi connectivity index (χ4v) is 4.29. The summed E-state index contributed by atoms with van der Waals surface area (Å²) in [5.41, 5.74) is 1.18. The number of halogens is 2. The number of alkyl halides is 2. The SMILES string of the molecule is FC1(F)CCN(Cc2ccc(O[C@@]34CCCN(CC3)C4)cc2)CC1. The van der Waals surface area contributed by atoms with Gasteiger partial charge in [-0.05, 0) is 37.1 Å². The molecule has 5 heteroatoms. The molecule has 0 spiro atoms. The van der Waals surface area contributed by atoms with Crippen LogP contribution in [-0.4, -0.2) is 54.0 Å². The predicted octanol–water partition coefficient (Wildman–Crippen LogP) is 3.53. The molecule has 0 saturated carbocycles. The quantitative estimate of drug-likeness (QED) is 0.836. The zero-order valence-electron chi connectivity index (χ0n) is 14.1. The minimum absolute atomic E-state index is 0.0121. The average molecular weight is 336 g/mol. The van der Waals surface area contributed by atoms with E-state index in [1.54, 1.807) is 0 Å². The van der Waals surface area contributed by atoms with E-state index in [9.17, 15) is 8.78 Å². The van der Waals surface area contributed by atoms with Crippen LogP contribution >= 0.6 is 0 Å². The van der Waals surface area contributed by atoms with Crippen LogP contribution in [0.5, 0.6) is 5.75 Å². The van der Waals surface area contributed by atoms with E-state index < -0.39 is 5.92 Å².